The van der Waals surface area contributed by atoms with Crippen LogP contribution in [0.15, 0.2) is 18.2 Å². The highest BCUT2D eigenvalue weighted by Gasteiger charge is 2.37. The summed E-state index contributed by atoms with van der Waals surface area (Å²) in [5.74, 6) is -0.152. The molecule has 112 valence electrons. The van der Waals surface area contributed by atoms with Crippen LogP contribution in [0, 0.1) is 12.7 Å². The molecule has 0 saturated carbocycles. The van der Waals surface area contributed by atoms with Gasteiger partial charge in [0.2, 0.25) is 0 Å². The second kappa shape index (κ2) is 6.23. The molecule has 0 radical (unpaired) electrons. The van der Waals surface area contributed by atoms with Crippen LogP contribution >= 0.6 is 0 Å². The summed E-state index contributed by atoms with van der Waals surface area (Å²) in [6, 6.07) is 5.38. The maximum Gasteiger partial charge on any atom is 0.123 e. The van der Waals surface area contributed by atoms with Gasteiger partial charge in [-0.25, -0.2) is 4.39 Å². The lowest BCUT2D eigenvalue weighted by Crippen LogP contribution is -2.51. The minimum absolute atomic E-state index is 0.0368. The van der Waals surface area contributed by atoms with Crippen molar-refractivity contribution in [1.82, 2.24) is 10.2 Å². The lowest BCUT2D eigenvalue weighted by Gasteiger charge is -2.43. The first-order valence-corrected chi connectivity index (χ1v) is 7.71. The van der Waals surface area contributed by atoms with E-state index < -0.39 is 0 Å². The third-order valence-corrected chi connectivity index (χ3v) is 4.58. The molecule has 1 aromatic rings. The third kappa shape index (κ3) is 3.04. The van der Waals surface area contributed by atoms with Gasteiger partial charge in [0.05, 0.1) is 6.04 Å². The van der Waals surface area contributed by atoms with Crippen molar-refractivity contribution >= 4 is 0 Å². The Hall–Kier alpha value is -0.930. The Kier molecular flexibility index (Phi) is 4.82. The average molecular weight is 278 g/mol. The number of likely N-dealkylation sites (N-methyl/N-ethyl adjacent to an activating group) is 1. The van der Waals surface area contributed by atoms with E-state index in [4.69, 9.17) is 0 Å². The molecule has 1 aliphatic rings. The highest BCUT2D eigenvalue weighted by Crippen LogP contribution is 2.35. The van der Waals surface area contributed by atoms with Crippen LogP contribution in [-0.2, 0) is 0 Å². The van der Waals surface area contributed by atoms with Gasteiger partial charge in [0.15, 0.2) is 0 Å². The summed E-state index contributed by atoms with van der Waals surface area (Å²) < 4.78 is 13.4. The fraction of sp³-hybridized carbons (Fsp3) is 0.647. The zero-order valence-corrected chi connectivity index (χ0v) is 13.2. The Labute approximate surface area is 122 Å². The van der Waals surface area contributed by atoms with E-state index >= 15 is 0 Å². The van der Waals surface area contributed by atoms with Crippen molar-refractivity contribution in [3.8, 4) is 0 Å². The van der Waals surface area contributed by atoms with Crippen LogP contribution < -0.4 is 5.32 Å². The molecule has 2 rings (SSSR count). The van der Waals surface area contributed by atoms with E-state index in [9.17, 15) is 4.39 Å². The molecule has 2 nitrogen and oxygen atoms in total. The van der Waals surface area contributed by atoms with Crippen LogP contribution in [0.1, 0.15) is 50.8 Å². The van der Waals surface area contributed by atoms with E-state index in [2.05, 4.69) is 31.0 Å². The van der Waals surface area contributed by atoms with E-state index in [1.165, 1.54) is 18.4 Å². The van der Waals surface area contributed by atoms with Gasteiger partial charge in [-0.05, 0) is 76.5 Å². The Balaban J connectivity index is 2.34. The molecule has 3 heteroatoms. The summed E-state index contributed by atoms with van der Waals surface area (Å²) in [7, 11) is 0. The Morgan fingerprint density at radius 1 is 1.30 bits per heavy atom. The molecule has 0 aromatic heterocycles. The van der Waals surface area contributed by atoms with Crippen LogP contribution in [0.5, 0.6) is 0 Å². The highest BCUT2D eigenvalue weighted by molar-refractivity contribution is 5.32. The summed E-state index contributed by atoms with van der Waals surface area (Å²) in [6.45, 7) is 12.0. The maximum absolute atomic E-state index is 13.4. The van der Waals surface area contributed by atoms with E-state index in [0.717, 1.165) is 25.2 Å². The largest absolute Gasteiger partial charge is 0.309 e. The summed E-state index contributed by atoms with van der Waals surface area (Å²) in [5.41, 5.74) is 2.28. The number of nitrogens with zero attached hydrogens (tertiary/aromatic N) is 1. The topological polar surface area (TPSA) is 15.3 Å². The van der Waals surface area contributed by atoms with Crippen molar-refractivity contribution in [3.05, 3.63) is 35.1 Å². The SMILES string of the molecule is CCNC(c1ccc(F)cc1C)C(C)(C)N1CCCC1. The van der Waals surface area contributed by atoms with Gasteiger partial charge in [-0.2, -0.15) is 0 Å². The number of benzene rings is 1. The molecule has 1 unspecified atom stereocenters. The minimum atomic E-state index is -0.152. The summed E-state index contributed by atoms with van der Waals surface area (Å²) >= 11 is 0. The summed E-state index contributed by atoms with van der Waals surface area (Å²) in [5, 5.41) is 3.61. The van der Waals surface area contributed by atoms with Gasteiger partial charge in [0.25, 0.3) is 0 Å². The van der Waals surface area contributed by atoms with Gasteiger partial charge in [0.1, 0.15) is 5.82 Å². The molecule has 0 spiro atoms. The maximum atomic E-state index is 13.4. The molecule has 1 N–H and O–H groups in total. The first-order valence-electron chi connectivity index (χ1n) is 7.71. The molecule has 0 aliphatic carbocycles. The fourth-order valence-electron chi connectivity index (χ4n) is 3.38. The second-order valence-electron chi connectivity index (χ2n) is 6.34. The molecule has 1 heterocycles. The Bertz CT molecular complexity index is 450. The van der Waals surface area contributed by atoms with Crippen molar-refractivity contribution in [2.24, 2.45) is 0 Å². The van der Waals surface area contributed by atoms with E-state index in [-0.39, 0.29) is 17.4 Å². The standard InChI is InChI=1S/C17H27FN2/c1-5-19-16(15-9-8-14(18)12-13(15)2)17(3,4)20-10-6-7-11-20/h8-9,12,16,19H,5-7,10-11H2,1-4H3. The Morgan fingerprint density at radius 3 is 2.50 bits per heavy atom. The zero-order chi connectivity index (χ0) is 14.8. The van der Waals surface area contributed by atoms with Crippen molar-refractivity contribution < 1.29 is 4.39 Å². The van der Waals surface area contributed by atoms with E-state index in [0.29, 0.717) is 0 Å². The average Bonchev–Trinajstić information content (AvgIpc) is 2.91. The number of likely N-dealkylation sites (tertiary alicyclic amines) is 1. The monoisotopic (exact) mass is 278 g/mol. The lowest BCUT2D eigenvalue weighted by atomic mass is 9.85. The van der Waals surface area contributed by atoms with Crippen molar-refractivity contribution in [2.45, 2.75) is 52.1 Å². The number of rotatable bonds is 5. The molecule has 0 amide bonds. The molecular formula is C17H27FN2. The normalized spacial score (nSPS) is 18.4. The predicted octanol–water partition coefficient (Wildman–Crippen LogP) is 3.66. The smallest absolute Gasteiger partial charge is 0.123 e. The van der Waals surface area contributed by atoms with Crippen LogP contribution in [-0.4, -0.2) is 30.1 Å². The first kappa shape index (κ1) is 15.5. The van der Waals surface area contributed by atoms with Crippen LogP contribution in [0.25, 0.3) is 0 Å². The number of halogens is 1. The number of hydrogen-bond donors (Lipinski definition) is 1. The lowest BCUT2D eigenvalue weighted by molar-refractivity contribution is 0.107. The minimum Gasteiger partial charge on any atom is -0.309 e. The molecule has 1 aromatic carbocycles. The number of hydrogen-bond acceptors (Lipinski definition) is 2. The molecule has 1 aliphatic heterocycles. The van der Waals surface area contributed by atoms with Gasteiger partial charge < -0.3 is 5.32 Å². The van der Waals surface area contributed by atoms with Gasteiger partial charge in [-0.1, -0.05) is 13.0 Å². The summed E-state index contributed by atoms with van der Waals surface area (Å²) in [4.78, 5) is 2.56. The van der Waals surface area contributed by atoms with Crippen LogP contribution in [0.4, 0.5) is 4.39 Å². The number of nitrogens with one attached hydrogen (secondary N) is 1. The van der Waals surface area contributed by atoms with Crippen molar-refractivity contribution in [3.63, 3.8) is 0 Å². The molecule has 1 fully saturated rings. The first-order chi connectivity index (χ1) is 9.46. The van der Waals surface area contributed by atoms with Crippen molar-refractivity contribution in [2.75, 3.05) is 19.6 Å². The van der Waals surface area contributed by atoms with Gasteiger partial charge in [-0.15, -0.1) is 0 Å². The van der Waals surface area contributed by atoms with Crippen molar-refractivity contribution in [1.29, 1.82) is 0 Å². The molecule has 1 saturated heterocycles. The quantitative estimate of drug-likeness (QED) is 0.884. The van der Waals surface area contributed by atoms with Crippen LogP contribution in [0.2, 0.25) is 0 Å². The zero-order valence-electron chi connectivity index (χ0n) is 13.2. The highest BCUT2D eigenvalue weighted by atomic mass is 19.1. The third-order valence-electron chi connectivity index (χ3n) is 4.58. The fourth-order valence-corrected chi connectivity index (χ4v) is 3.38. The van der Waals surface area contributed by atoms with Gasteiger partial charge in [0, 0.05) is 5.54 Å². The molecular weight excluding hydrogens is 251 g/mol. The van der Waals surface area contributed by atoms with Crippen LogP contribution in [0.3, 0.4) is 0 Å². The Morgan fingerprint density at radius 2 is 1.95 bits per heavy atom. The van der Waals surface area contributed by atoms with Gasteiger partial charge >= 0.3 is 0 Å². The number of aryl methyl sites for hydroxylation is 1. The van der Waals surface area contributed by atoms with E-state index in [1.54, 1.807) is 12.1 Å². The van der Waals surface area contributed by atoms with E-state index in [1.807, 2.05) is 13.0 Å². The molecule has 0 bridgehead atoms. The summed E-state index contributed by atoms with van der Waals surface area (Å²) in [6.07, 6.45) is 2.56. The molecule has 20 heavy (non-hydrogen) atoms. The predicted molar refractivity (Wildman–Crippen MR) is 82.4 cm³/mol. The molecule has 1 atom stereocenters. The second-order valence-corrected chi connectivity index (χ2v) is 6.34. The van der Waals surface area contributed by atoms with Gasteiger partial charge in [-0.3, -0.25) is 4.90 Å².